The van der Waals surface area contributed by atoms with Gasteiger partial charge in [0.2, 0.25) is 0 Å². The molecule has 1 unspecified atom stereocenters. The molecule has 3 aromatic carbocycles. The number of benzene rings is 3. The van der Waals surface area contributed by atoms with Crippen molar-refractivity contribution in [1.82, 2.24) is 5.43 Å². The summed E-state index contributed by atoms with van der Waals surface area (Å²) in [4.78, 5) is 0. The van der Waals surface area contributed by atoms with Gasteiger partial charge in [0.05, 0.1) is 17.4 Å². The monoisotopic (exact) mass is 332 g/mol. The van der Waals surface area contributed by atoms with E-state index in [0.717, 1.165) is 22.0 Å². The molecule has 0 saturated heterocycles. The molecule has 1 aliphatic heterocycles. The average molecular weight is 333 g/mol. The largest absolute Gasteiger partial charge is 0.297 e. The van der Waals surface area contributed by atoms with Crippen LogP contribution in [0.1, 0.15) is 17.2 Å². The summed E-state index contributed by atoms with van der Waals surface area (Å²) in [5, 5.41) is 2.93. The number of halogens is 1. The van der Waals surface area contributed by atoms with E-state index in [1.807, 2.05) is 42.5 Å². The Bertz CT molecular complexity index is 859. The van der Waals surface area contributed by atoms with Gasteiger partial charge in [-0.3, -0.25) is 10.4 Å². The predicted molar refractivity (Wildman–Crippen MR) is 101 cm³/mol. The third-order valence-electron chi connectivity index (χ3n) is 4.15. The molecule has 0 spiro atoms. The van der Waals surface area contributed by atoms with Crippen LogP contribution < -0.4 is 10.4 Å². The SMILES string of the molecule is Clc1cccc(C2C=C(c3ccccc3)NN2c2ccccc2)c1. The van der Waals surface area contributed by atoms with E-state index in [1.54, 1.807) is 0 Å². The summed E-state index contributed by atoms with van der Waals surface area (Å²) in [7, 11) is 0. The van der Waals surface area contributed by atoms with Crippen LogP contribution >= 0.6 is 11.6 Å². The van der Waals surface area contributed by atoms with Gasteiger partial charge in [-0.2, -0.15) is 0 Å². The lowest BCUT2D eigenvalue weighted by Gasteiger charge is -2.27. The van der Waals surface area contributed by atoms with Crippen LogP contribution in [0.5, 0.6) is 0 Å². The van der Waals surface area contributed by atoms with Gasteiger partial charge in [0.1, 0.15) is 0 Å². The molecule has 0 fully saturated rings. The molecule has 1 heterocycles. The van der Waals surface area contributed by atoms with Gasteiger partial charge >= 0.3 is 0 Å². The minimum atomic E-state index is 0.0845. The lowest BCUT2D eigenvalue weighted by atomic mass is 10.0. The van der Waals surface area contributed by atoms with Crippen molar-refractivity contribution in [2.24, 2.45) is 0 Å². The lowest BCUT2D eigenvalue weighted by molar-refractivity contribution is 0.724. The molecule has 2 nitrogen and oxygen atoms in total. The second kappa shape index (κ2) is 6.42. The highest BCUT2D eigenvalue weighted by atomic mass is 35.5. The fourth-order valence-electron chi connectivity index (χ4n) is 3.00. The third kappa shape index (κ3) is 2.89. The van der Waals surface area contributed by atoms with Crippen molar-refractivity contribution < 1.29 is 0 Å². The van der Waals surface area contributed by atoms with E-state index in [-0.39, 0.29) is 6.04 Å². The summed E-state index contributed by atoms with van der Waals surface area (Å²) in [6.45, 7) is 0. The summed E-state index contributed by atoms with van der Waals surface area (Å²) in [6, 6.07) is 28.8. The number of hydrogen-bond donors (Lipinski definition) is 1. The highest BCUT2D eigenvalue weighted by Gasteiger charge is 2.27. The highest BCUT2D eigenvalue weighted by molar-refractivity contribution is 6.30. The quantitative estimate of drug-likeness (QED) is 0.686. The van der Waals surface area contributed by atoms with Gasteiger partial charge < -0.3 is 0 Å². The van der Waals surface area contributed by atoms with Crippen molar-refractivity contribution in [3.63, 3.8) is 0 Å². The van der Waals surface area contributed by atoms with Crippen LogP contribution in [0.25, 0.3) is 5.70 Å². The summed E-state index contributed by atoms with van der Waals surface area (Å²) in [6.07, 6.45) is 2.24. The predicted octanol–water partition coefficient (Wildman–Crippen LogP) is 5.45. The standard InChI is InChI=1S/C21H17ClN2/c22-18-11-7-10-17(14-18)21-15-20(16-8-3-1-4-9-16)23-24(21)19-12-5-2-6-13-19/h1-15,21,23H. The fraction of sp³-hybridized carbons (Fsp3) is 0.0476. The number of hydrazine groups is 1. The van der Waals surface area contributed by atoms with Gasteiger partial charge in [-0.25, -0.2) is 0 Å². The molecule has 0 saturated carbocycles. The molecule has 3 heteroatoms. The first-order chi connectivity index (χ1) is 11.8. The molecule has 24 heavy (non-hydrogen) atoms. The van der Waals surface area contributed by atoms with Crippen LogP contribution in [-0.4, -0.2) is 0 Å². The van der Waals surface area contributed by atoms with E-state index in [1.165, 1.54) is 5.56 Å². The minimum Gasteiger partial charge on any atom is -0.297 e. The number of hydrogen-bond acceptors (Lipinski definition) is 2. The van der Waals surface area contributed by atoms with E-state index in [0.29, 0.717) is 0 Å². The highest BCUT2D eigenvalue weighted by Crippen LogP contribution is 2.35. The molecule has 118 valence electrons. The molecule has 1 aliphatic rings. The maximum Gasteiger partial charge on any atom is 0.0958 e. The molecule has 1 N–H and O–H groups in total. The smallest absolute Gasteiger partial charge is 0.0958 e. The summed E-state index contributed by atoms with van der Waals surface area (Å²) in [5.41, 5.74) is 8.09. The van der Waals surface area contributed by atoms with E-state index in [4.69, 9.17) is 11.6 Å². The second-order valence-corrected chi connectivity index (χ2v) is 6.20. The second-order valence-electron chi connectivity index (χ2n) is 5.76. The topological polar surface area (TPSA) is 15.3 Å². The summed E-state index contributed by atoms with van der Waals surface area (Å²) in [5.74, 6) is 0. The van der Waals surface area contributed by atoms with Crippen LogP contribution in [0.4, 0.5) is 5.69 Å². The van der Waals surface area contributed by atoms with Gasteiger partial charge in [-0.15, -0.1) is 0 Å². The summed E-state index contributed by atoms with van der Waals surface area (Å²) < 4.78 is 0. The Kier molecular flexibility index (Phi) is 3.97. The molecule has 0 aromatic heterocycles. The molecule has 0 aliphatic carbocycles. The van der Waals surface area contributed by atoms with Gasteiger partial charge in [-0.1, -0.05) is 72.3 Å². The van der Waals surface area contributed by atoms with Crippen LogP contribution in [0.15, 0.2) is 91.0 Å². The van der Waals surface area contributed by atoms with Crippen molar-refractivity contribution >= 4 is 23.0 Å². The Balaban J connectivity index is 1.77. The zero-order chi connectivity index (χ0) is 16.4. The van der Waals surface area contributed by atoms with Gasteiger partial charge in [-0.05, 0) is 41.5 Å². The Morgan fingerprint density at radius 2 is 1.50 bits per heavy atom. The van der Waals surface area contributed by atoms with Gasteiger partial charge in [0.15, 0.2) is 0 Å². The van der Waals surface area contributed by atoms with Crippen LogP contribution in [0, 0.1) is 0 Å². The molecule has 3 aromatic rings. The Morgan fingerprint density at radius 3 is 2.21 bits per heavy atom. The molecule has 1 atom stereocenters. The van der Waals surface area contributed by atoms with Crippen molar-refractivity contribution in [2.45, 2.75) is 6.04 Å². The Labute approximate surface area is 147 Å². The minimum absolute atomic E-state index is 0.0845. The van der Waals surface area contributed by atoms with Crippen LogP contribution in [-0.2, 0) is 0 Å². The van der Waals surface area contributed by atoms with E-state index >= 15 is 0 Å². The average Bonchev–Trinajstić information content (AvgIpc) is 3.09. The molecular weight excluding hydrogens is 316 g/mol. The van der Waals surface area contributed by atoms with Crippen LogP contribution in [0.3, 0.4) is 0 Å². The number of nitrogens with zero attached hydrogens (tertiary/aromatic N) is 1. The maximum absolute atomic E-state index is 6.21. The zero-order valence-corrected chi connectivity index (χ0v) is 13.8. The van der Waals surface area contributed by atoms with Crippen molar-refractivity contribution in [3.8, 4) is 0 Å². The van der Waals surface area contributed by atoms with E-state index < -0.39 is 0 Å². The number of anilines is 1. The zero-order valence-electron chi connectivity index (χ0n) is 13.1. The van der Waals surface area contributed by atoms with Gasteiger partial charge in [0.25, 0.3) is 0 Å². The first kappa shape index (κ1) is 14.9. The lowest BCUT2D eigenvalue weighted by Crippen LogP contribution is -2.33. The van der Waals surface area contributed by atoms with Gasteiger partial charge in [0, 0.05) is 5.02 Å². The molecular formula is C21H17ClN2. The first-order valence-electron chi connectivity index (χ1n) is 7.95. The first-order valence-corrected chi connectivity index (χ1v) is 8.33. The fourth-order valence-corrected chi connectivity index (χ4v) is 3.20. The Morgan fingerprint density at radius 1 is 0.792 bits per heavy atom. The Hall–Kier alpha value is -2.71. The number of para-hydroxylation sites is 1. The van der Waals surface area contributed by atoms with Crippen molar-refractivity contribution in [1.29, 1.82) is 0 Å². The molecule has 0 amide bonds. The normalized spacial score (nSPS) is 16.6. The third-order valence-corrected chi connectivity index (χ3v) is 4.39. The summed E-state index contributed by atoms with van der Waals surface area (Å²) >= 11 is 6.21. The van der Waals surface area contributed by atoms with Crippen LogP contribution in [0.2, 0.25) is 5.02 Å². The molecule has 4 rings (SSSR count). The molecule has 0 radical (unpaired) electrons. The van der Waals surface area contributed by atoms with Crippen molar-refractivity contribution in [2.75, 3.05) is 5.01 Å². The van der Waals surface area contributed by atoms with E-state index in [9.17, 15) is 0 Å². The number of rotatable bonds is 3. The van der Waals surface area contributed by atoms with Crippen molar-refractivity contribution in [3.05, 3.63) is 107 Å². The number of nitrogens with one attached hydrogen (secondary N) is 1. The maximum atomic E-state index is 6.21. The molecule has 0 bridgehead atoms. The van der Waals surface area contributed by atoms with E-state index in [2.05, 4.69) is 59.0 Å².